The van der Waals surface area contributed by atoms with Crippen molar-refractivity contribution in [3.63, 3.8) is 0 Å². The quantitative estimate of drug-likeness (QED) is 0.778. The van der Waals surface area contributed by atoms with Crippen LogP contribution in [0.3, 0.4) is 0 Å². The Morgan fingerprint density at radius 3 is 2.58 bits per heavy atom. The molecule has 0 N–H and O–H groups in total. The van der Waals surface area contributed by atoms with E-state index in [0.717, 1.165) is 16.5 Å². The largest absolute Gasteiger partial charge is 0.293 e. The lowest BCUT2D eigenvalue weighted by Gasteiger charge is -2.30. The van der Waals surface area contributed by atoms with Gasteiger partial charge in [0.2, 0.25) is 5.91 Å². The standard InChI is InChI=1S/C15H19NOS2/c1-15(2,3)13(17)16-12(10-19-14(16)18)9-11-7-5-4-6-8-11/h4-8,12H,9-10H2,1-3H3/t12-/m0/s1. The predicted octanol–water partition coefficient (Wildman–Crippen LogP) is 3.50. The van der Waals surface area contributed by atoms with E-state index >= 15 is 0 Å². The second-order valence-corrected chi connectivity index (χ2v) is 7.50. The van der Waals surface area contributed by atoms with E-state index in [2.05, 4.69) is 12.1 Å². The van der Waals surface area contributed by atoms with Crippen LogP contribution < -0.4 is 0 Å². The maximum Gasteiger partial charge on any atom is 0.233 e. The van der Waals surface area contributed by atoms with Crippen LogP contribution in [-0.4, -0.2) is 26.9 Å². The molecule has 1 amide bonds. The minimum Gasteiger partial charge on any atom is -0.293 e. The van der Waals surface area contributed by atoms with Crippen LogP contribution in [0.25, 0.3) is 0 Å². The van der Waals surface area contributed by atoms with E-state index in [1.165, 1.54) is 5.56 Å². The van der Waals surface area contributed by atoms with Crippen molar-refractivity contribution in [2.45, 2.75) is 33.2 Å². The van der Waals surface area contributed by atoms with Gasteiger partial charge in [-0.2, -0.15) is 0 Å². The summed E-state index contributed by atoms with van der Waals surface area (Å²) < 4.78 is 0.723. The Bertz CT molecular complexity index is 479. The summed E-state index contributed by atoms with van der Waals surface area (Å²) in [5.41, 5.74) is 0.869. The zero-order chi connectivity index (χ0) is 14.0. The monoisotopic (exact) mass is 293 g/mol. The van der Waals surface area contributed by atoms with Crippen molar-refractivity contribution in [3.8, 4) is 0 Å². The Labute approximate surface area is 124 Å². The molecule has 1 aliphatic heterocycles. The maximum atomic E-state index is 12.5. The molecule has 2 nitrogen and oxygen atoms in total. The third-order valence-electron chi connectivity index (χ3n) is 3.14. The molecule has 102 valence electrons. The van der Waals surface area contributed by atoms with Gasteiger partial charge in [0, 0.05) is 11.2 Å². The lowest BCUT2D eigenvalue weighted by atomic mass is 9.93. The third kappa shape index (κ3) is 3.37. The number of amides is 1. The zero-order valence-electron chi connectivity index (χ0n) is 11.6. The van der Waals surface area contributed by atoms with Gasteiger partial charge >= 0.3 is 0 Å². The SMILES string of the molecule is CC(C)(C)C(=O)N1C(=S)SC[C@@H]1Cc1ccccc1. The van der Waals surface area contributed by atoms with E-state index < -0.39 is 0 Å². The van der Waals surface area contributed by atoms with Crippen LogP contribution in [0.15, 0.2) is 30.3 Å². The number of nitrogens with zero attached hydrogens (tertiary/aromatic N) is 1. The van der Waals surface area contributed by atoms with Crippen molar-refractivity contribution in [2.75, 3.05) is 5.75 Å². The maximum absolute atomic E-state index is 12.5. The van der Waals surface area contributed by atoms with Gasteiger partial charge < -0.3 is 0 Å². The van der Waals surface area contributed by atoms with E-state index in [1.54, 1.807) is 11.8 Å². The van der Waals surface area contributed by atoms with Crippen LogP contribution in [0.5, 0.6) is 0 Å². The summed E-state index contributed by atoms with van der Waals surface area (Å²) in [4.78, 5) is 14.3. The highest BCUT2D eigenvalue weighted by Gasteiger charge is 2.38. The van der Waals surface area contributed by atoms with Gasteiger partial charge in [-0.3, -0.25) is 9.69 Å². The molecule has 1 saturated heterocycles. The summed E-state index contributed by atoms with van der Waals surface area (Å²) in [6, 6.07) is 10.5. The lowest BCUT2D eigenvalue weighted by Crippen LogP contribution is -2.45. The Morgan fingerprint density at radius 2 is 2.00 bits per heavy atom. The first-order chi connectivity index (χ1) is 8.89. The molecular weight excluding hydrogens is 274 g/mol. The summed E-state index contributed by atoms with van der Waals surface area (Å²) in [6.07, 6.45) is 0.871. The third-order valence-corrected chi connectivity index (χ3v) is 4.68. The smallest absolute Gasteiger partial charge is 0.233 e. The number of carbonyl (C=O) groups is 1. The van der Waals surface area contributed by atoms with Gasteiger partial charge in [0.15, 0.2) is 0 Å². The van der Waals surface area contributed by atoms with Crippen molar-refractivity contribution < 1.29 is 4.79 Å². The fraction of sp³-hybridized carbons (Fsp3) is 0.467. The molecule has 1 aromatic carbocycles. The lowest BCUT2D eigenvalue weighted by molar-refractivity contribution is -0.136. The summed E-state index contributed by atoms with van der Waals surface area (Å²) >= 11 is 6.96. The first kappa shape index (κ1) is 14.5. The molecule has 2 rings (SSSR count). The van der Waals surface area contributed by atoms with Gasteiger partial charge in [-0.15, -0.1) is 0 Å². The number of hydrogen-bond acceptors (Lipinski definition) is 3. The first-order valence-electron chi connectivity index (χ1n) is 6.44. The fourth-order valence-corrected chi connectivity index (χ4v) is 3.52. The molecule has 0 aromatic heterocycles. The van der Waals surface area contributed by atoms with Gasteiger partial charge in [0.25, 0.3) is 0 Å². The molecule has 1 atom stereocenters. The first-order valence-corrected chi connectivity index (χ1v) is 7.83. The Hall–Kier alpha value is -0.870. The van der Waals surface area contributed by atoms with Crippen LogP contribution >= 0.6 is 24.0 Å². The Balaban J connectivity index is 2.16. The molecule has 19 heavy (non-hydrogen) atoms. The molecule has 1 fully saturated rings. The van der Waals surface area contributed by atoms with Crippen LogP contribution in [0.2, 0.25) is 0 Å². The molecule has 0 saturated carbocycles. The number of carbonyl (C=O) groups excluding carboxylic acids is 1. The molecule has 0 bridgehead atoms. The normalized spacial score (nSPS) is 19.8. The summed E-state index contributed by atoms with van der Waals surface area (Å²) in [6.45, 7) is 5.83. The minimum atomic E-state index is -0.385. The van der Waals surface area contributed by atoms with Crippen LogP contribution in [0.4, 0.5) is 0 Å². The topological polar surface area (TPSA) is 20.3 Å². The van der Waals surface area contributed by atoms with E-state index in [9.17, 15) is 4.79 Å². The van der Waals surface area contributed by atoms with Gasteiger partial charge in [-0.1, -0.05) is 75.1 Å². The highest BCUT2D eigenvalue weighted by atomic mass is 32.2. The average molecular weight is 293 g/mol. The highest BCUT2D eigenvalue weighted by molar-refractivity contribution is 8.23. The minimum absolute atomic E-state index is 0.128. The Morgan fingerprint density at radius 1 is 1.37 bits per heavy atom. The van der Waals surface area contributed by atoms with Gasteiger partial charge in [0.05, 0.1) is 6.04 Å². The fourth-order valence-electron chi connectivity index (χ4n) is 2.11. The van der Waals surface area contributed by atoms with Gasteiger partial charge in [-0.05, 0) is 12.0 Å². The molecule has 1 aromatic rings. The predicted molar refractivity (Wildman–Crippen MR) is 85.3 cm³/mol. The number of hydrogen-bond donors (Lipinski definition) is 0. The number of thioether (sulfide) groups is 1. The van der Waals surface area contributed by atoms with E-state index in [1.807, 2.05) is 43.9 Å². The number of thiocarbonyl (C=S) groups is 1. The van der Waals surface area contributed by atoms with E-state index in [0.29, 0.717) is 0 Å². The van der Waals surface area contributed by atoms with Gasteiger partial charge in [0.1, 0.15) is 4.32 Å². The van der Waals surface area contributed by atoms with Crippen LogP contribution in [0, 0.1) is 5.41 Å². The number of benzene rings is 1. The zero-order valence-corrected chi connectivity index (χ0v) is 13.2. The molecule has 1 aliphatic rings. The molecule has 0 radical (unpaired) electrons. The molecule has 4 heteroatoms. The molecule has 1 heterocycles. The van der Waals surface area contributed by atoms with Crippen molar-refractivity contribution in [1.82, 2.24) is 4.90 Å². The molecule has 0 spiro atoms. The van der Waals surface area contributed by atoms with Crippen molar-refractivity contribution in [3.05, 3.63) is 35.9 Å². The van der Waals surface area contributed by atoms with Crippen molar-refractivity contribution in [1.29, 1.82) is 0 Å². The van der Waals surface area contributed by atoms with Crippen LogP contribution in [-0.2, 0) is 11.2 Å². The summed E-state index contributed by atoms with van der Waals surface area (Å²) in [5, 5.41) is 0. The Kier molecular flexibility index (Phi) is 4.31. The second-order valence-electron chi connectivity index (χ2n) is 5.85. The molecular formula is C15H19NOS2. The van der Waals surface area contributed by atoms with Gasteiger partial charge in [-0.25, -0.2) is 0 Å². The van der Waals surface area contributed by atoms with E-state index in [4.69, 9.17) is 12.2 Å². The number of rotatable bonds is 2. The summed E-state index contributed by atoms with van der Waals surface area (Å²) in [7, 11) is 0. The average Bonchev–Trinajstić information content (AvgIpc) is 2.70. The molecule has 0 unspecified atom stereocenters. The second kappa shape index (κ2) is 5.63. The van der Waals surface area contributed by atoms with Crippen LogP contribution in [0.1, 0.15) is 26.3 Å². The highest BCUT2D eigenvalue weighted by Crippen LogP contribution is 2.31. The van der Waals surface area contributed by atoms with Crippen molar-refractivity contribution in [2.24, 2.45) is 5.41 Å². The molecule has 0 aliphatic carbocycles. The summed E-state index contributed by atoms with van der Waals surface area (Å²) in [5.74, 6) is 1.03. The van der Waals surface area contributed by atoms with Crippen molar-refractivity contribution >= 4 is 34.2 Å². The van der Waals surface area contributed by atoms with E-state index in [-0.39, 0.29) is 17.4 Å².